The molecule has 0 spiro atoms. The normalized spacial score (nSPS) is 9.94. The minimum absolute atomic E-state index is 0.0917. The van der Waals surface area contributed by atoms with Gasteiger partial charge >= 0.3 is 5.97 Å². The number of carboxylic acid groups (broad SMARTS) is 1. The summed E-state index contributed by atoms with van der Waals surface area (Å²) >= 11 is 0. The second kappa shape index (κ2) is 5.29. The van der Waals surface area contributed by atoms with Crippen LogP contribution in [0.2, 0.25) is 0 Å². The maximum atomic E-state index is 10.5. The van der Waals surface area contributed by atoms with Crippen LogP contribution in [-0.4, -0.2) is 41.7 Å². The second-order valence-corrected chi connectivity index (χ2v) is 3.47. The Kier molecular flexibility index (Phi) is 4.04. The molecule has 0 bridgehead atoms. The van der Waals surface area contributed by atoms with Crippen LogP contribution in [-0.2, 0) is 4.79 Å². The Balaban J connectivity index is 2.77. The number of aliphatic carboxylic acids is 1. The molecule has 1 aromatic heterocycles. The first-order chi connectivity index (χ1) is 7.52. The van der Waals surface area contributed by atoms with Crippen molar-refractivity contribution in [3.8, 4) is 0 Å². The average Bonchev–Trinajstić information content (AvgIpc) is 2.24. The Labute approximate surface area is 94.3 Å². The topological polar surface area (TPSA) is 78.4 Å². The lowest BCUT2D eigenvalue weighted by Gasteiger charge is -2.17. The highest BCUT2D eigenvalue weighted by Gasteiger charge is 2.07. The number of carboxylic acids is 1. The smallest absolute Gasteiger partial charge is 0.305 e. The van der Waals surface area contributed by atoms with E-state index in [0.29, 0.717) is 12.4 Å². The van der Waals surface area contributed by atoms with Crippen molar-refractivity contribution in [1.29, 1.82) is 0 Å². The zero-order chi connectivity index (χ0) is 12.1. The number of carbonyl (C=O) groups is 1. The molecular formula is C10H16N4O2. The van der Waals surface area contributed by atoms with Gasteiger partial charge in [0.1, 0.15) is 17.5 Å². The highest BCUT2D eigenvalue weighted by atomic mass is 16.4. The Morgan fingerprint density at radius 2 is 2.25 bits per heavy atom. The van der Waals surface area contributed by atoms with E-state index < -0.39 is 5.97 Å². The maximum absolute atomic E-state index is 10.5. The highest BCUT2D eigenvalue weighted by Crippen LogP contribution is 2.14. The first kappa shape index (κ1) is 12.2. The lowest BCUT2D eigenvalue weighted by Crippen LogP contribution is -2.22. The zero-order valence-electron chi connectivity index (χ0n) is 9.69. The van der Waals surface area contributed by atoms with Gasteiger partial charge in [-0.3, -0.25) is 4.79 Å². The maximum Gasteiger partial charge on any atom is 0.305 e. The molecule has 0 saturated heterocycles. The fourth-order valence-corrected chi connectivity index (χ4v) is 1.25. The summed E-state index contributed by atoms with van der Waals surface area (Å²) in [5.41, 5.74) is 0. The molecule has 0 unspecified atom stereocenters. The summed E-state index contributed by atoms with van der Waals surface area (Å²) in [6.45, 7) is 2.23. The molecule has 16 heavy (non-hydrogen) atoms. The van der Waals surface area contributed by atoms with Gasteiger partial charge in [-0.15, -0.1) is 0 Å². The van der Waals surface area contributed by atoms with Crippen molar-refractivity contribution in [2.45, 2.75) is 13.3 Å². The van der Waals surface area contributed by atoms with Crippen LogP contribution in [0.4, 0.5) is 11.6 Å². The van der Waals surface area contributed by atoms with Gasteiger partial charge in [0, 0.05) is 26.7 Å². The summed E-state index contributed by atoms with van der Waals surface area (Å²) in [5, 5.41) is 11.5. The molecule has 88 valence electrons. The van der Waals surface area contributed by atoms with E-state index in [4.69, 9.17) is 5.11 Å². The largest absolute Gasteiger partial charge is 0.481 e. The van der Waals surface area contributed by atoms with E-state index in [1.54, 1.807) is 24.9 Å². The molecular weight excluding hydrogens is 208 g/mol. The Hall–Kier alpha value is -1.85. The number of anilines is 2. The molecule has 0 amide bonds. The Bertz CT molecular complexity index is 381. The predicted molar refractivity (Wildman–Crippen MR) is 61.8 cm³/mol. The van der Waals surface area contributed by atoms with Crippen molar-refractivity contribution in [3.63, 3.8) is 0 Å². The number of nitrogens with zero attached hydrogens (tertiary/aromatic N) is 3. The Morgan fingerprint density at radius 3 is 2.81 bits per heavy atom. The number of aryl methyl sites for hydroxylation is 1. The fraction of sp³-hybridized carbons (Fsp3) is 0.500. The van der Waals surface area contributed by atoms with Crippen LogP contribution in [0.5, 0.6) is 0 Å². The van der Waals surface area contributed by atoms with E-state index in [2.05, 4.69) is 15.3 Å². The van der Waals surface area contributed by atoms with Crippen LogP contribution in [0.1, 0.15) is 12.2 Å². The van der Waals surface area contributed by atoms with Gasteiger partial charge in [-0.1, -0.05) is 0 Å². The molecule has 0 aromatic carbocycles. The molecule has 0 aliphatic carbocycles. The zero-order valence-corrected chi connectivity index (χ0v) is 9.69. The van der Waals surface area contributed by atoms with Crippen molar-refractivity contribution in [2.24, 2.45) is 0 Å². The van der Waals surface area contributed by atoms with Crippen LogP contribution in [0.25, 0.3) is 0 Å². The summed E-state index contributed by atoms with van der Waals surface area (Å²) in [6, 6.07) is 1.79. The number of aromatic nitrogens is 2. The third kappa shape index (κ3) is 3.38. The van der Waals surface area contributed by atoms with E-state index in [9.17, 15) is 4.79 Å². The Morgan fingerprint density at radius 1 is 1.56 bits per heavy atom. The van der Waals surface area contributed by atoms with E-state index in [-0.39, 0.29) is 6.42 Å². The van der Waals surface area contributed by atoms with Crippen LogP contribution in [0.15, 0.2) is 6.07 Å². The molecule has 1 rings (SSSR count). The summed E-state index contributed by atoms with van der Waals surface area (Å²) in [6.07, 6.45) is 0.0917. The molecule has 1 heterocycles. The van der Waals surface area contributed by atoms with Crippen molar-refractivity contribution in [1.82, 2.24) is 9.97 Å². The van der Waals surface area contributed by atoms with Gasteiger partial charge in [-0.05, 0) is 6.92 Å². The van der Waals surface area contributed by atoms with Crippen LogP contribution < -0.4 is 10.2 Å². The summed E-state index contributed by atoms with van der Waals surface area (Å²) in [7, 11) is 3.59. The minimum Gasteiger partial charge on any atom is -0.481 e. The van der Waals surface area contributed by atoms with E-state index in [1.807, 2.05) is 7.05 Å². The molecule has 0 radical (unpaired) electrons. The lowest BCUT2D eigenvalue weighted by atomic mass is 10.4. The standard InChI is InChI=1S/C10H16N4O2/c1-7-12-8(11-2)6-9(13-7)14(3)5-4-10(15)16/h6H,4-5H2,1-3H3,(H,15,16)(H,11,12,13). The summed E-state index contributed by atoms with van der Waals surface area (Å²) < 4.78 is 0. The molecule has 0 aliphatic heterocycles. The lowest BCUT2D eigenvalue weighted by molar-refractivity contribution is -0.136. The molecule has 0 aliphatic rings. The third-order valence-electron chi connectivity index (χ3n) is 2.13. The van der Waals surface area contributed by atoms with Crippen molar-refractivity contribution >= 4 is 17.6 Å². The monoisotopic (exact) mass is 224 g/mol. The third-order valence-corrected chi connectivity index (χ3v) is 2.13. The van der Waals surface area contributed by atoms with Crippen LogP contribution in [0, 0.1) is 6.92 Å². The number of hydrogen-bond acceptors (Lipinski definition) is 5. The van der Waals surface area contributed by atoms with Gasteiger partial charge in [0.05, 0.1) is 6.42 Å². The van der Waals surface area contributed by atoms with Gasteiger partial charge in [-0.25, -0.2) is 9.97 Å². The van der Waals surface area contributed by atoms with Gasteiger partial charge in [-0.2, -0.15) is 0 Å². The van der Waals surface area contributed by atoms with E-state index in [0.717, 1.165) is 11.6 Å². The van der Waals surface area contributed by atoms with Crippen LogP contribution in [0.3, 0.4) is 0 Å². The molecule has 0 atom stereocenters. The van der Waals surface area contributed by atoms with Gasteiger partial charge in [0.15, 0.2) is 0 Å². The van der Waals surface area contributed by atoms with E-state index in [1.165, 1.54) is 0 Å². The van der Waals surface area contributed by atoms with Crippen molar-refractivity contribution in [2.75, 3.05) is 30.9 Å². The van der Waals surface area contributed by atoms with Gasteiger partial charge in [0.2, 0.25) is 0 Å². The van der Waals surface area contributed by atoms with Gasteiger partial charge in [0.25, 0.3) is 0 Å². The molecule has 6 nitrogen and oxygen atoms in total. The number of hydrogen-bond donors (Lipinski definition) is 2. The summed E-state index contributed by atoms with van der Waals surface area (Å²) in [4.78, 5) is 20.7. The summed E-state index contributed by atoms with van der Waals surface area (Å²) in [5.74, 6) is 1.29. The molecule has 6 heteroatoms. The average molecular weight is 224 g/mol. The molecule has 0 fully saturated rings. The highest BCUT2D eigenvalue weighted by molar-refractivity contribution is 5.67. The first-order valence-electron chi connectivity index (χ1n) is 4.99. The quantitative estimate of drug-likeness (QED) is 0.768. The SMILES string of the molecule is CNc1cc(N(C)CCC(=O)O)nc(C)n1. The first-order valence-corrected chi connectivity index (χ1v) is 4.99. The molecule has 0 saturated carbocycles. The van der Waals surface area contributed by atoms with Crippen LogP contribution >= 0.6 is 0 Å². The number of nitrogens with one attached hydrogen (secondary N) is 1. The predicted octanol–water partition coefficient (Wildman–Crippen LogP) is 0.738. The van der Waals surface area contributed by atoms with Crippen molar-refractivity contribution in [3.05, 3.63) is 11.9 Å². The molecule has 2 N–H and O–H groups in total. The number of rotatable bonds is 5. The second-order valence-electron chi connectivity index (χ2n) is 3.47. The van der Waals surface area contributed by atoms with E-state index >= 15 is 0 Å². The fourth-order valence-electron chi connectivity index (χ4n) is 1.25. The van der Waals surface area contributed by atoms with Crippen molar-refractivity contribution < 1.29 is 9.90 Å². The van der Waals surface area contributed by atoms with Gasteiger partial charge < -0.3 is 15.3 Å². The minimum atomic E-state index is -0.813. The molecule has 1 aromatic rings.